The first kappa shape index (κ1) is 11.1. The SMILES string of the molecule is CCC(OCC(=O)OC)C(C)=O. The Morgan fingerprint density at radius 2 is 2.00 bits per heavy atom. The van der Waals surface area contributed by atoms with Crippen molar-refractivity contribution in [3.63, 3.8) is 0 Å². The Balaban J connectivity index is 3.73. The summed E-state index contributed by atoms with van der Waals surface area (Å²) >= 11 is 0. The van der Waals surface area contributed by atoms with E-state index in [0.717, 1.165) is 0 Å². The molecule has 0 N–H and O–H groups in total. The van der Waals surface area contributed by atoms with Crippen LogP contribution in [-0.2, 0) is 19.1 Å². The third kappa shape index (κ3) is 4.08. The second kappa shape index (κ2) is 5.71. The molecule has 0 bridgehead atoms. The molecular formula is C8H14O4. The van der Waals surface area contributed by atoms with Crippen molar-refractivity contribution in [2.45, 2.75) is 26.4 Å². The first-order chi connectivity index (χ1) is 5.61. The van der Waals surface area contributed by atoms with Crippen LogP contribution in [0.15, 0.2) is 0 Å². The first-order valence-electron chi connectivity index (χ1n) is 3.80. The number of esters is 1. The van der Waals surface area contributed by atoms with E-state index in [9.17, 15) is 9.59 Å². The second-order valence-electron chi connectivity index (χ2n) is 2.39. The molecule has 0 heterocycles. The number of rotatable bonds is 5. The lowest BCUT2D eigenvalue weighted by atomic mass is 10.2. The molecule has 0 aromatic carbocycles. The maximum atomic E-state index is 10.8. The molecule has 1 unspecified atom stereocenters. The summed E-state index contributed by atoms with van der Waals surface area (Å²) in [5.41, 5.74) is 0. The van der Waals surface area contributed by atoms with E-state index in [2.05, 4.69) is 4.74 Å². The van der Waals surface area contributed by atoms with Gasteiger partial charge in [-0.05, 0) is 13.3 Å². The van der Waals surface area contributed by atoms with Crippen LogP contribution in [0.5, 0.6) is 0 Å². The summed E-state index contributed by atoms with van der Waals surface area (Å²) < 4.78 is 9.33. The fraction of sp³-hybridized carbons (Fsp3) is 0.750. The van der Waals surface area contributed by atoms with Gasteiger partial charge in [-0.15, -0.1) is 0 Å². The van der Waals surface area contributed by atoms with E-state index >= 15 is 0 Å². The average molecular weight is 174 g/mol. The minimum atomic E-state index is -0.482. The van der Waals surface area contributed by atoms with Gasteiger partial charge in [0.25, 0.3) is 0 Å². The summed E-state index contributed by atoms with van der Waals surface area (Å²) in [6, 6.07) is 0. The van der Waals surface area contributed by atoms with Gasteiger partial charge in [-0.3, -0.25) is 4.79 Å². The predicted molar refractivity (Wildman–Crippen MR) is 42.7 cm³/mol. The largest absolute Gasteiger partial charge is 0.467 e. The Hall–Kier alpha value is -0.900. The van der Waals surface area contributed by atoms with Crippen LogP contribution in [0.4, 0.5) is 0 Å². The molecule has 0 fully saturated rings. The van der Waals surface area contributed by atoms with Crippen LogP contribution in [0.2, 0.25) is 0 Å². The summed E-state index contributed by atoms with van der Waals surface area (Å²) in [7, 11) is 1.28. The third-order valence-electron chi connectivity index (χ3n) is 1.45. The van der Waals surface area contributed by atoms with Gasteiger partial charge in [-0.2, -0.15) is 0 Å². The molecule has 4 heteroatoms. The molecule has 1 atom stereocenters. The maximum absolute atomic E-state index is 10.8. The van der Waals surface area contributed by atoms with E-state index in [1.165, 1.54) is 14.0 Å². The Kier molecular flexibility index (Phi) is 5.28. The van der Waals surface area contributed by atoms with Gasteiger partial charge in [-0.1, -0.05) is 6.92 Å². The van der Waals surface area contributed by atoms with Crippen LogP contribution in [0.25, 0.3) is 0 Å². The number of ether oxygens (including phenoxy) is 2. The van der Waals surface area contributed by atoms with Crippen LogP contribution in [0.3, 0.4) is 0 Å². The van der Waals surface area contributed by atoms with Crippen molar-refractivity contribution in [3.05, 3.63) is 0 Å². The smallest absolute Gasteiger partial charge is 0.331 e. The topological polar surface area (TPSA) is 52.6 Å². The van der Waals surface area contributed by atoms with Gasteiger partial charge in [0, 0.05) is 0 Å². The molecule has 0 rings (SSSR count). The van der Waals surface area contributed by atoms with E-state index in [1.54, 1.807) is 0 Å². The highest BCUT2D eigenvalue weighted by Gasteiger charge is 2.13. The average Bonchev–Trinajstić information content (AvgIpc) is 2.04. The van der Waals surface area contributed by atoms with Crippen LogP contribution < -0.4 is 0 Å². The molecule has 0 aromatic heterocycles. The quantitative estimate of drug-likeness (QED) is 0.571. The van der Waals surface area contributed by atoms with Crippen molar-refractivity contribution in [1.82, 2.24) is 0 Å². The number of hydrogen-bond donors (Lipinski definition) is 0. The van der Waals surface area contributed by atoms with Crippen molar-refractivity contribution >= 4 is 11.8 Å². The van der Waals surface area contributed by atoms with Crippen LogP contribution >= 0.6 is 0 Å². The molecule has 4 nitrogen and oxygen atoms in total. The molecule has 0 saturated heterocycles. The normalized spacial score (nSPS) is 12.2. The van der Waals surface area contributed by atoms with E-state index < -0.39 is 12.1 Å². The fourth-order valence-corrected chi connectivity index (χ4v) is 0.750. The lowest BCUT2D eigenvalue weighted by Crippen LogP contribution is -2.24. The number of carbonyl (C=O) groups is 2. The van der Waals surface area contributed by atoms with E-state index in [0.29, 0.717) is 6.42 Å². The van der Waals surface area contributed by atoms with E-state index in [4.69, 9.17) is 4.74 Å². The molecule has 12 heavy (non-hydrogen) atoms. The summed E-state index contributed by atoms with van der Waals surface area (Å²) in [6.07, 6.45) is 0.0934. The lowest BCUT2D eigenvalue weighted by Gasteiger charge is -2.10. The van der Waals surface area contributed by atoms with Crippen LogP contribution in [-0.4, -0.2) is 31.6 Å². The van der Waals surface area contributed by atoms with Gasteiger partial charge in [0.15, 0.2) is 5.78 Å². The molecular weight excluding hydrogens is 160 g/mol. The Bertz CT molecular complexity index is 164. The number of ketones is 1. The van der Waals surface area contributed by atoms with Gasteiger partial charge in [0.1, 0.15) is 12.7 Å². The molecule has 0 aromatic rings. The first-order valence-corrected chi connectivity index (χ1v) is 3.80. The number of Topliss-reactive ketones (excluding diaryl/α,β-unsaturated/α-hetero) is 1. The molecule has 0 aliphatic rings. The van der Waals surface area contributed by atoms with E-state index in [-0.39, 0.29) is 12.4 Å². The molecule has 0 spiro atoms. The standard InChI is InChI=1S/C8H14O4/c1-4-7(6(2)9)12-5-8(10)11-3/h7H,4-5H2,1-3H3. The highest BCUT2D eigenvalue weighted by molar-refractivity contribution is 5.80. The van der Waals surface area contributed by atoms with Crippen molar-refractivity contribution in [3.8, 4) is 0 Å². The number of hydrogen-bond acceptors (Lipinski definition) is 4. The Morgan fingerprint density at radius 1 is 1.42 bits per heavy atom. The highest BCUT2D eigenvalue weighted by Crippen LogP contribution is 1.98. The van der Waals surface area contributed by atoms with Crippen LogP contribution in [0, 0.1) is 0 Å². The highest BCUT2D eigenvalue weighted by atomic mass is 16.6. The molecule has 0 saturated carbocycles. The summed E-state index contributed by atoms with van der Waals surface area (Å²) in [4.78, 5) is 21.4. The summed E-state index contributed by atoms with van der Waals surface area (Å²) in [5, 5.41) is 0. The number of carbonyl (C=O) groups excluding carboxylic acids is 2. The second-order valence-corrected chi connectivity index (χ2v) is 2.39. The van der Waals surface area contributed by atoms with E-state index in [1.807, 2.05) is 6.92 Å². The Labute approximate surface area is 71.8 Å². The molecule has 0 radical (unpaired) electrons. The summed E-state index contributed by atoms with van der Waals surface area (Å²) in [5.74, 6) is -0.531. The Morgan fingerprint density at radius 3 is 2.33 bits per heavy atom. The third-order valence-corrected chi connectivity index (χ3v) is 1.45. The minimum absolute atomic E-state index is 0.0681. The van der Waals surface area contributed by atoms with Crippen molar-refractivity contribution in [2.24, 2.45) is 0 Å². The minimum Gasteiger partial charge on any atom is -0.467 e. The van der Waals surface area contributed by atoms with Gasteiger partial charge in [-0.25, -0.2) is 4.79 Å². The van der Waals surface area contributed by atoms with Crippen molar-refractivity contribution < 1.29 is 19.1 Å². The fourth-order valence-electron chi connectivity index (χ4n) is 0.750. The molecule has 0 aliphatic carbocycles. The van der Waals surface area contributed by atoms with Gasteiger partial charge in [0.2, 0.25) is 0 Å². The molecule has 0 aliphatic heterocycles. The number of methoxy groups -OCH3 is 1. The zero-order valence-electron chi connectivity index (χ0n) is 7.62. The van der Waals surface area contributed by atoms with Gasteiger partial charge in [0.05, 0.1) is 7.11 Å². The monoisotopic (exact) mass is 174 g/mol. The van der Waals surface area contributed by atoms with Gasteiger partial charge < -0.3 is 9.47 Å². The van der Waals surface area contributed by atoms with Crippen LogP contribution in [0.1, 0.15) is 20.3 Å². The maximum Gasteiger partial charge on any atom is 0.331 e. The van der Waals surface area contributed by atoms with Gasteiger partial charge >= 0.3 is 5.97 Å². The zero-order valence-corrected chi connectivity index (χ0v) is 7.62. The molecule has 0 amide bonds. The lowest BCUT2D eigenvalue weighted by molar-refractivity contribution is -0.150. The molecule has 70 valence electrons. The predicted octanol–water partition coefficient (Wildman–Crippen LogP) is 0.544. The zero-order chi connectivity index (χ0) is 9.56. The van der Waals surface area contributed by atoms with Crippen molar-refractivity contribution in [1.29, 1.82) is 0 Å². The van der Waals surface area contributed by atoms with Crippen molar-refractivity contribution in [2.75, 3.05) is 13.7 Å². The summed E-state index contributed by atoms with van der Waals surface area (Å²) in [6.45, 7) is 3.10.